The highest BCUT2D eigenvalue weighted by molar-refractivity contribution is 7.80. The van der Waals surface area contributed by atoms with Gasteiger partial charge in [0.2, 0.25) is 0 Å². The van der Waals surface area contributed by atoms with E-state index in [9.17, 15) is 5.11 Å². The summed E-state index contributed by atoms with van der Waals surface area (Å²) in [6.45, 7) is 2.81. The van der Waals surface area contributed by atoms with Crippen molar-refractivity contribution in [2.24, 2.45) is 0 Å². The summed E-state index contributed by atoms with van der Waals surface area (Å²) in [5, 5.41) is 18.7. The molecule has 0 spiro atoms. The molecule has 0 bridgehead atoms. The Bertz CT molecular complexity index is 1780. The molecule has 0 saturated heterocycles. The molecule has 0 aromatic heterocycles. The van der Waals surface area contributed by atoms with E-state index < -0.39 is 21.3 Å². The summed E-state index contributed by atoms with van der Waals surface area (Å²) < 4.78 is 6.61. The standard InChI is InChI=1S/C40H34O2P2/c1-40(38-30(28-41)16-14-26-36(38)43(31-17-6-2-7-18-31)32-19-8-3-9-20-32)29-42-35-25-15-27-37(39(35)40)44(33-21-10-4-11-22-33)34-23-12-5-13-24-34/h2-27,41H,28-29H2,1H3/t40-/m1/s1. The minimum atomic E-state index is -0.900. The first-order valence-corrected chi connectivity index (χ1v) is 17.7. The highest BCUT2D eigenvalue weighted by atomic mass is 31.1. The minimum Gasteiger partial charge on any atom is -0.492 e. The molecule has 1 aliphatic rings. The van der Waals surface area contributed by atoms with Crippen LogP contribution < -0.4 is 36.6 Å². The quantitative estimate of drug-likeness (QED) is 0.203. The van der Waals surface area contributed by atoms with Gasteiger partial charge in [0.05, 0.1) is 12.0 Å². The van der Waals surface area contributed by atoms with Gasteiger partial charge < -0.3 is 9.84 Å². The molecule has 1 aliphatic heterocycles. The van der Waals surface area contributed by atoms with Gasteiger partial charge in [0, 0.05) is 5.56 Å². The van der Waals surface area contributed by atoms with Crippen LogP contribution in [0.4, 0.5) is 0 Å². The van der Waals surface area contributed by atoms with E-state index in [0.29, 0.717) is 6.61 Å². The zero-order valence-electron chi connectivity index (χ0n) is 24.7. The van der Waals surface area contributed by atoms with Crippen molar-refractivity contribution in [2.75, 3.05) is 6.61 Å². The third-order valence-electron chi connectivity index (χ3n) is 8.46. The molecule has 4 heteroatoms. The van der Waals surface area contributed by atoms with E-state index in [0.717, 1.165) is 11.3 Å². The summed E-state index contributed by atoms with van der Waals surface area (Å²) >= 11 is 0. The topological polar surface area (TPSA) is 29.5 Å². The fourth-order valence-electron chi connectivity index (χ4n) is 6.58. The van der Waals surface area contributed by atoms with Crippen LogP contribution in [0, 0.1) is 0 Å². The minimum absolute atomic E-state index is 0.0326. The largest absolute Gasteiger partial charge is 0.492 e. The predicted molar refractivity (Wildman–Crippen MR) is 188 cm³/mol. The van der Waals surface area contributed by atoms with Gasteiger partial charge in [-0.2, -0.15) is 0 Å². The summed E-state index contributed by atoms with van der Waals surface area (Å²) in [6.07, 6.45) is 0. The first kappa shape index (κ1) is 28.7. The Labute approximate surface area is 262 Å². The van der Waals surface area contributed by atoms with E-state index in [1.54, 1.807) is 0 Å². The van der Waals surface area contributed by atoms with E-state index in [2.05, 4.69) is 165 Å². The van der Waals surface area contributed by atoms with Crippen LogP contribution in [-0.4, -0.2) is 11.7 Å². The summed E-state index contributed by atoms with van der Waals surface area (Å²) in [4.78, 5) is 0. The number of hydrogen-bond acceptors (Lipinski definition) is 2. The Balaban J connectivity index is 1.49. The lowest BCUT2D eigenvalue weighted by atomic mass is 9.76. The molecule has 0 fully saturated rings. The summed E-state index contributed by atoms with van der Waals surface area (Å²) in [6, 6.07) is 56.4. The molecule has 6 aromatic rings. The number of rotatable bonds is 8. The fourth-order valence-corrected chi connectivity index (χ4v) is 11.8. The van der Waals surface area contributed by atoms with Gasteiger partial charge in [-0.3, -0.25) is 0 Å². The Morgan fingerprint density at radius 1 is 0.523 bits per heavy atom. The summed E-state index contributed by atoms with van der Waals surface area (Å²) in [5.74, 6) is 0.937. The maximum Gasteiger partial charge on any atom is 0.124 e. The van der Waals surface area contributed by atoms with Gasteiger partial charge in [0.1, 0.15) is 12.4 Å². The van der Waals surface area contributed by atoms with E-state index >= 15 is 0 Å². The van der Waals surface area contributed by atoms with Crippen molar-refractivity contribution >= 4 is 47.7 Å². The molecule has 1 heterocycles. The Morgan fingerprint density at radius 2 is 0.932 bits per heavy atom. The molecule has 0 aliphatic carbocycles. The summed E-state index contributed by atoms with van der Waals surface area (Å²) in [7, 11) is -1.76. The maximum absolute atomic E-state index is 10.9. The molecule has 2 nitrogen and oxygen atoms in total. The Hall–Kier alpha value is -4.06. The zero-order valence-corrected chi connectivity index (χ0v) is 26.5. The van der Waals surface area contributed by atoms with E-state index in [1.807, 2.05) is 0 Å². The van der Waals surface area contributed by atoms with Crippen molar-refractivity contribution in [3.63, 3.8) is 0 Å². The van der Waals surface area contributed by atoms with Crippen LogP contribution in [0.3, 0.4) is 0 Å². The predicted octanol–water partition coefficient (Wildman–Crippen LogP) is 6.39. The second-order valence-electron chi connectivity index (χ2n) is 11.3. The summed E-state index contributed by atoms with van der Waals surface area (Å²) in [5.41, 5.74) is 2.90. The molecular formula is C40H34O2P2. The van der Waals surface area contributed by atoms with Gasteiger partial charge in [-0.1, -0.05) is 152 Å². The average molecular weight is 609 g/mol. The highest BCUT2D eigenvalue weighted by Crippen LogP contribution is 2.50. The highest BCUT2D eigenvalue weighted by Gasteiger charge is 2.45. The van der Waals surface area contributed by atoms with Crippen molar-refractivity contribution in [3.8, 4) is 5.75 Å². The van der Waals surface area contributed by atoms with Crippen LogP contribution in [0.2, 0.25) is 0 Å². The molecule has 0 saturated carbocycles. The Kier molecular flexibility index (Phi) is 8.16. The normalized spacial score (nSPS) is 15.7. The van der Waals surface area contributed by atoms with Gasteiger partial charge in [0.25, 0.3) is 0 Å². The van der Waals surface area contributed by atoms with Crippen molar-refractivity contribution in [1.82, 2.24) is 0 Å². The molecule has 0 radical (unpaired) electrons. The smallest absolute Gasteiger partial charge is 0.124 e. The number of fused-ring (bicyclic) bond motifs is 1. The molecule has 7 rings (SSSR count). The van der Waals surface area contributed by atoms with Crippen LogP contribution in [0.5, 0.6) is 5.75 Å². The first-order valence-electron chi connectivity index (χ1n) is 15.0. The number of hydrogen-bond donors (Lipinski definition) is 1. The number of ether oxygens (including phenoxy) is 1. The third kappa shape index (κ3) is 5.18. The molecular weight excluding hydrogens is 574 g/mol. The third-order valence-corrected chi connectivity index (χ3v) is 13.4. The average Bonchev–Trinajstić information content (AvgIpc) is 3.44. The monoisotopic (exact) mass is 608 g/mol. The first-order chi connectivity index (χ1) is 21.7. The lowest BCUT2D eigenvalue weighted by Crippen LogP contribution is -2.38. The van der Waals surface area contributed by atoms with E-state index in [4.69, 9.17) is 4.74 Å². The SMILES string of the molecule is C[C@]1(c2c(CO)cccc2P(c2ccccc2)c2ccccc2)COc2cccc(P(c3ccccc3)c3ccccc3)c21. The molecule has 0 unspecified atom stereocenters. The molecule has 0 amide bonds. The number of aliphatic hydroxyl groups is 1. The fraction of sp³-hybridized carbons (Fsp3) is 0.100. The van der Waals surface area contributed by atoms with Gasteiger partial charge in [-0.05, 0) is 71.8 Å². The lowest BCUT2D eigenvalue weighted by molar-refractivity contribution is 0.272. The van der Waals surface area contributed by atoms with Crippen LogP contribution in [0.25, 0.3) is 0 Å². The molecule has 1 N–H and O–H groups in total. The van der Waals surface area contributed by atoms with Gasteiger partial charge in [0.15, 0.2) is 0 Å². The van der Waals surface area contributed by atoms with Crippen LogP contribution in [-0.2, 0) is 12.0 Å². The van der Waals surface area contributed by atoms with Crippen LogP contribution in [0.1, 0.15) is 23.6 Å². The molecule has 1 atom stereocenters. The number of benzene rings is 6. The Morgan fingerprint density at radius 3 is 1.36 bits per heavy atom. The molecule has 216 valence electrons. The van der Waals surface area contributed by atoms with E-state index in [-0.39, 0.29) is 6.61 Å². The van der Waals surface area contributed by atoms with Gasteiger partial charge in [-0.15, -0.1) is 0 Å². The second kappa shape index (κ2) is 12.5. The van der Waals surface area contributed by atoms with Crippen molar-refractivity contribution in [2.45, 2.75) is 18.9 Å². The lowest BCUT2D eigenvalue weighted by Gasteiger charge is -2.34. The van der Waals surface area contributed by atoms with Crippen LogP contribution >= 0.6 is 15.8 Å². The van der Waals surface area contributed by atoms with E-state index in [1.165, 1.54) is 43.0 Å². The van der Waals surface area contributed by atoms with Crippen molar-refractivity contribution in [3.05, 3.63) is 174 Å². The zero-order chi connectivity index (χ0) is 29.9. The van der Waals surface area contributed by atoms with Crippen LogP contribution in [0.15, 0.2) is 158 Å². The second-order valence-corrected chi connectivity index (χ2v) is 15.6. The number of aliphatic hydroxyl groups excluding tert-OH is 1. The van der Waals surface area contributed by atoms with Crippen molar-refractivity contribution < 1.29 is 9.84 Å². The van der Waals surface area contributed by atoms with Gasteiger partial charge >= 0.3 is 0 Å². The van der Waals surface area contributed by atoms with Gasteiger partial charge in [-0.25, -0.2) is 0 Å². The molecule has 44 heavy (non-hydrogen) atoms. The molecule has 6 aromatic carbocycles. The maximum atomic E-state index is 10.9. The van der Waals surface area contributed by atoms with Crippen molar-refractivity contribution in [1.29, 1.82) is 0 Å².